The van der Waals surface area contributed by atoms with Gasteiger partial charge in [0.15, 0.2) is 0 Å². The van der Waals surface area contributed by atoms with Crippen molar-refractivity contribution in [2.24, 2.45) is 0 Å². The van der Waals surface area contributed by atoms with E-state index in [9.17, 15) is 18.0 Å². The first-order valence-electron chi connectivity index (χ1n) is 5.36. The van der Waals surface area contributed by atoms with Gasteiger partial charge in [-0.1, -0.05) is 6.07 Å². The summed E-state index contributed by atoms with van der Waals surface area (Å²) in [5.41, 5.74) is -0.375. The number of nitrogens with one attached hydrogen (secondary N) is 1. The lowest BCUT2D eigenvalue weighted by Crippen LogP contribution is -2.16. The first-order chi connectivity index (χ1) is 8.99. The van der Waals surface area contributed by atoms with E-state index in [1.807, 2.05) is 0 Å². The lowest BCUT2D eigenvalue weighted by Gasteiger charge is -2.08. The van der Waals surface area contributed by atoms with Crippen LogP contribution < -0.4 is 5.32 Å². The van der Waals surface area contributed by atoms with E-state index < -0.39 is 29.1 Å². The topological polar surface area (TPSA) is 42.0 Å². The highest BCUT2D eigenvalue weighted by Crippen LogP contribution is 2.18. The predicted octanol–water partition coefficient (Wildman–Crippen LogP) is 3.06. The van der Waals surface area contributed by atoms with Gasteiger partial charge >= 0.3 is 0 Å². The van der Waals surface area contributed by atoms with Gasteiger partial charge in [-0.2, -0.15) is 4.39 Å². The van der Waals surface area contributed by atoms with Crippen LogP contribution in [0.4, 0.5) is 18.9 Å². The van der Waals surface area contributed by atoms with Crippen molar-refractivity contribution in [1.29, 1.82) is 0 Å². The predicted molar refractivity (Wildman–Crippen MR) is 63.2 cm³/mol. The fourth-order valence-electron chi connectivity index (χ4n) is 1.51. The van der Waals surface area contributed by atoms with Gasteiger partial charge in [0.2, 0.25) is 5.95 Å². The lowest BCUT2D eigenvalue weighted by atomic mass is 10.1. The van der Waals surface area contributed by atoms with Crippen molar-refractivity contribution in [2.75, 3.05) is 5.32 Å². The van der Waals surface area contributed by atoms with E-state index in [1.165, 1.54) is 19.1 Å². The van der Waals surface area contributed by atoms with E-state index in [0.717, 1.165) is 18.3 Å². The van der Waals surface area contributed by atoms with Crippen LogP contribution >= 0.6 is 0 Å². The zero-order chi connectivity index (χ0) is 14.0. The van der Waals surface area contributed by atoms with Crippen molar-refractivity contribution < 1.29 is 18.0 Å². The van der Waals surface area contributed by atoms with E-state index in [1.54, 1.807) is 0 Å². The van der Waals surface area contributed by atoms with Crippen LogP contribution in [0.1, 0.15) is 15.9 Å². The van der Waals surface area contributed by atoms with Gasteiger partial charge in [0.25, 0.3) is 5.91 Å². The number of nitrogens with zero attached hydrogens (tertiary/aromatic N) is 1. The van der Waals surface area contributed by atoms with Crippen molar-refractivity contribution in [3.63, 3.8) is 0 Å². The minimum atomic E-state index is -0.962. The summed E-state index contributed by atoms with van der Waals surface area (Å²) in [6.45, 7) is 1.42. The first-order valence-corrected chi connectivity index (χ1v) is 5.36. The second-order valence-electron chi connectivity index (χ2n) is 3.88. The Kier molecular flexibility index (Phi) is 3.50. The number of halogens is 3. The summed E-state index contributed by atoms with van der Waals surface area (Å²) in [5, 5.41) is 2.25. The molecule has 0 spiro atoms. The number of anilines is 1. The SMILES string of the molecule is Cc1ccc(F)c(C(=O)Nc2ccc(F)nc2)c1F. The molecule has 3 nitrogen and oxygen atoms in total. The summed E-state index contributed by atoms with van der Waals surface area (Å²) in [4.78, 5) is 15.1. The molecule has 0 saturated carbocycles. The maximum atomic E-state index is 13.7. The van der Waals surface area contributed by atoms with Crippen LogP contribution in [0.15, 0.2) is 30.5 Å². The Bertz CT molecular complexity index is 627. The smallest absolute Gasteiger partial charge is 0.261 e. The van der Waals surface area contributed by atoms with Crippen molar-refractivity contribution in [3.8, 4) is 0 Å². The maximum Gasteiger partial charge on any atom is 0.261 e. The Morgan fingerprint density at radius 3 is 2.53 bits per heavy atom. The summed E-state index contributed by atoms with van der Waals surface area (Å²) in [7, 11) is 0. The second-order valence-corrected chi connectivity index (χ2v) is 3.88. The number of hydrogen-bond donors (Lipinski definition) is 1. The molecule has 0 fully saturated rings. The summed E-state index contributed by atoms with van der Waals surface area (Å²) >= 11 is 0. The van der Waals surface area contributed by atoms with Gasteiger partial charge in [-0.3, -0.25) is 4.79 Å². The zero-order valence-electron chi connectivity index (χ0n) is 9.88. The van der Waals surface area contributed by atoms with Crippen LogP contribution in [0, 0.1) is 24.5 Å². The minimum Gasteiger partial charge on any atom is -0.320 e. The molecule has 1 aromatic heterocycles. The number of aromatic nitrogens is 1. The number of hydrogen-bond acceptors (Lipinski definition) is 2. The quantitative estimate of drug-likeness (QED) is 0.849. The molecule has 2 aromatic rings. The highest BCUT2D eigenvalue weighted by molar-refractivity contribution is 6.04. The average molecular weight is 266 g/mol. The second kappa shape index (κ2) is 5.09. The first kappa shape index (κ1) is 13.1. The number of carbonyl (C=O) groups excluding carboxylic acids is 1. The van der Waals surface area contributed by atoms with Crippen molar-refractivity contribution in [3.05, 3.63) is 59.2 Å². The molecule has 19 heavy (non-hydrogen) atoms. The van der Waals surface area contributed by atoms with Crippen LogP contribution in [-0.4, -0.2) is 10.9 Å². The molecule has 1 amide bonds. The largest absolute Gasteiger partial charge is 0.320 e. The number of rotatable bonds is 2. The monoisotopic (exact) mass is 266 g/mol. The molecule has 0 aliphatic carbocycles. The van der Waals surface area contributed by atoms with E-state index in [2.05, 4.69) is 10.3 Å². The summed E-state index contributed by atoms with van der Waals surface area (Å²) in [6, 6.07) is 4.52. The third-order valence-corrected chi connectivity index (χ3v) is 2.50. The Morgan fingerprint density at radius 2 is 1.89 bits per heavy atom. The van der Waals surface area contributed by atoms with Crippen LogP contribution in [0.25, 0.3) is 0 Å². The molecule has 0 unspecified atom stereocenters. The third kappa shape index (κ3) is 2.73. The average Bonchev–Trinajstić information content (AvgIpc) is 2.37. The molecule has 0 aliphatic rings. The molecule has 98 valence electrons. The maximum absolute atomic E-state index is 13.7. The third-order valence-electron chi connectivity index (χ3n) is 2.50. The van der Waals surface area contributed by atoms with Crippen LogP contribution in [-0.2, 0) is 0 Å². The fourth-order valence-corrected chi connectivity index (χ4v) is 1.51. The Hall–Kier alpha value is -2.37. The fraction of sp³-hybridized carbons (Fsp3) is 0.0769. The molecule has 1 heterocycles. The van der Waals surface area contributed by atoms with Crippen LogP contribution in [0.5, 0.6) is 0 Å². The van der Waals surface area contributed by atoms with Crippen LogP contribution in [0.2, 0.25) is 0 Å². The van der Waals surface area contributed by atoms with E-state index in [-0.39, 0.29) is 11.3 Å². The molecule has 0 aliphatic heterocycles. The van der Waals surface area contributed by atoms with E-state index in [0.29, 0.717) is 0 Å². The highest BCUT2D eigenvalue weighted by Gasteiger charge is 2.19. The standard InChI is InChI=1S/C13H9F3N2O/c1-7-2-4-9(14)11(12(7)16)13(19)18-8-3-5-10(15)17-6-8/h2-6H,1H3,(H,18,19). The van der Waals surface area contributed by atoms with Gasteiger partial charge in [0, 0.05) is 0 Å². The highest BCUT2D eigenvalue weighted by atomic mass is 19.1. The molecule has 6 heteroatoms. The summed E-state index contributed by atoms with van der Waals surface area (Å²) in [5.74, 6) is -3.55. The van der Waals surface area contributed by atoms with Gasteiger partial charge < -0.3 is 5.32 Å². The summed E-state index contributed by atoms with van der Waals surface area (Å²) < 4.78 is 39.8. The lowest BCUT2D eigenvalue weighted by molar-refractivity contribution is 0.101. The van der Waals surface area contributed by atoms with Crippen molar-refractivity contribution >= 4 is 11.6 Å². The number of carbonyl (C=O) groups is 1. The number of benzene rings is 1. The van der Waals surface area contributed by atoms with Gasteiger partial charge in [-0.15, -0.1) is 0 Å². The molecule has 0 saturated heterocycles. The molecule has 0 bridgehead atoms. The van der Waals surface area contributed by atoms with Gasteiger partial charge in [-0.05, 0) is 30.7 Å². The van der Waals surface area contributed by atoms with Gasteiger partial charge in [0.1, 0.15) is 17.2 Å². The Balaban J connectivity index is 2.30. The number of aryl methyl sites for hydroxylation is 1. The molecular formula is C13H9F3N2O. The Morgan fingerprint density at radius 1 is 1.16 bits per heavy atom. The molecule has 0 atom stereocenters. The number of pyridine rings is 1. The molecule has 0 radical (unpaired) electrons. The normalized spacial score (nSPS) is 10.3. The molecule has 1 N–H and O–H groups in total. The molecule has 1 aromatic carbocycles. The van der Waals surface area contributed by atoms with E-state index in [4.69, 9.17) is 0 Å². The van der Waals surface area contributed by atoms with Gasteiger partial charge in [-0.25, -0.2) is 13.8 Å². The molecular weight excluding hydrogens is 257 g/mol. The summed E-state index contributed by atoms with van der Waals surface area (Å²) in [6.07, 6.45) is 1.05. The van der Waals surface area contributed by atoms with E-state index >= 15 is 0 Å². The zero-order valence-corrected chi connectivity index (χ0v) is 9.88. The van der Waals surface area contributed by atoms with Crippen molar-refractivity contribution in [1.82, 2.24) is 4.98 Å². The van der Waals surface area contributed by atoms with Gasteiger partial charge in [0.05, 0.1) is 11.9 Å². The number of amides is 1. The molecule has 2 rings (SSSR count). The Labute approximate surface area is 107 Å². The minimum absolute atomic E-state index is 0.145. The van der Waals surface area contributed by atoms with Crippen LogP contribution in [0.3, 0.4) is 0 Å². The van der Waals surface area contributed by atoms with Crippen molar-refractivity contribution in [2.45, 2.75) is 6.92 Å².